The van der Waals surface area contributed by atoms with Gasteiger partial charge in [-0.2, -0.15) is 0 Å². The molecule has 3 rings (SSSR count). The molecule has 2 aromatic carbocycles. The van der Waals surface area contributed by atoms with Crippen molar-refractivity contribution < 1.29 is 9.53 Å². The number of aromatic nitrogens is 1. The molecule has 1 N–H and O–H groups in total. The summed E-state index contributed by atoms with van der Waals surface area (Å²) in [5, 5.41) is 4.12. The van der Waals surface area contributed by atoms with Gasteiger partial charge in [-0.05, 0) is 30.2 Å². The first-order valence-electron chi connectivity index (χ1n) is 8.13. The number of aryl methyl sites for hydroxylation is 1. The molecule has 0 unspecified atom stereocenters. The van der Waals surface area contributed by atoms with Crippen molar-refractivity contribution in [3.63, 3.8) is 0 Å². The number of nitrogens with one attached hydrogen (secondary N) is 1. The molecule has 0 bridgehead atoms. The van der Waals surface area contributed by atoms with Gasteiger partial charge < -0.3 is 14.6 Å². The Kier molecular flexibility index (Phi) is 4.56. The van der Waals surface area contributed by atoms with Crippen molar-refractivity contribution in [2.24, 2.45) is 7.05 Å². The van der Waals surface area contributed by atoms with Crippen LogP contribution in [0, 0.1) is 0 Å². The van der Waals surface area contributed by atoms with Crippen molar-refractivity contribution in [3.8, 4) is 5.75 Å². The summed E-state index contributed by atoms with van der Waals surface area (Å²) in [6, 6.07) is 15.8. The summed E-state index contributed by atoms with van der Waals surface area (Å²) in [4.78, 5) is 12.8. The van der Waals surface area contributed by atoms with E-state index in [0.29, 0.717) is 5.56 Å². The number of hydrogen-bond acceptors (Lipinski definition) is 2. The minimum Gasteiger partial charge on any atom is -0.497 e. The summed E-state index contributed by atoms with van der Waals surface area (Å²) in [5.74, 6) is 0.767. The van der Waals surface area contributed by atoms with Crippen LogP contribution in [0.1, 0.15) is 35.3 Å². The van der Waals surface area contributed by atoms with E-state index in [1.54, 1.807) is 7.11 Å². The lowest BCUT2D eigenvalue weighted by Gasteiger charge is -2.17. The number of benzene rings is 2. The SMILES string of the molecule is CC[C@@H](NC(=O)c1cn(C)c2ccccc12)c1ccc(OC)cc1. The van der Waals surface area contributed by atoms with Crippen molar-refractivity contribution in [2.75, 3.05) is 7.11 Å². The maximum Gasteiger partial charge on any atom is 0.253 e. The summed E-state index contributed by atoms with van der Waals surface area (Å²) < 4.78 is 7.18. The third-order valence-corrected chi connectivity index (χ3v) is 4.37. The van der Waals surface area contributed by atoms with Crippen LogP contribution in [0.2, 0.25) is 0 Å². The van der Waals surface area contributed by atoms with Gasteiger partial charge >= 0.3 is 0 Å². The van der Waals surface area contributed by atoms with Crippen LogP contribution >= 0.6 is 0 Å². The van der Waals surface area contributed by atoms with Gasteiger partial charge in [0, 0.05) is 24.1 Å². The van der Waals surface area contributed by atoms with Gasteiger partial charge in [-0.25, -0.2) is 0 Å². The third kappa shape index (κ3) is 3.00. The molecular formula is C20H22N2O2. The molecule has 0 saturated carbocycles. The van der Waals surface area contributed by atoms with Crippen LogP contribution in [0.3, 0.4) is 0 Å². The van der Waals surface area contributed by atoms with E-state index in [9.17, 15) is 4.79 Å². The first-order chi connectivity index (χ1) is 11.6. The van der Waals surface area contributed by atoms with Crippen molar-refractivity contribution in [1.82, 2.24) is 9.88 Å². The highest BCUT2D eigenvalue weighted by atomic mass is 16.5. The fraction of sp³-hybridized carbons (Fsp3) is 0.250. The molecule has 124 valence electrons. The number of amides is 1. The number of methoxy groups -OCH3 is 1. The van der Waals surface area contributed by atoms with Gasteiger partial charge in [0.2, 0.25) is 0 Å². The van der Waals surface area contributed by atoms with Crippen LogP contribution in [0.5, 0.6) is 5.75 Å². The number of fused-ring (bicyclic) bond motifs is 1. The fourth-order valence-corrected chi connectivity index (χ4v) is 3.02. The molecule has 0 aliphatic rings. The molecule has 0 spiro atoms. The first-order valence-corrected chi connectivity index (χ1v) is 8.13. The predicted molar refractivity (Wildman–Crippen MR) is 96.4 cm³/mol. The predicted octanol–water partition coefficient (Wildman–Crippen LogP) is 4.07. The Hall–Kier alpha value is -2.75. The standard InChI is InChI=1S/C20H22N2O2/c1-4-18(14-9-11-15(24-3)12-10-14)21-20(23)17-13-22(2)19-8-6-5-7-16(17)19/h5-13,18H,4H2,1-3H3,(H,21,23)/t18-/m1/s1. The van der Waals surface area contributed by atoms with Crippen molar-refractivity contribution in [3.05, 3.63) is 65.9 Å². The topological polar surface area (TPSA) is 43.3 Å². The molecule has 24 heavy (non-hydrogen) atoms. The molecule has 4 heteroatoms. The minimum atomic E-state index is -0.0468. The molecule has 1 heterocycles. The van der Waals surface area contributed by atoms with E-state index in [0.717, 1.165) is 28.6 Å². The first kappa shape index (κ1) is 16.1. The van der Waals surface area contributed by atoms with Gasteiger partial charge in [0.1, 0.15) is 5.75 Å². The number of hydrogen-bond donors (Lipinski definition) is 1. The normalized spacial score (nSPS) is 12.1. The van der Waals surface area contributed by atoms with Crippen LogP contribution < -0.4 is 10.1 Å². The summed E-state index contributed by atoms with van der Waals surface area (Å²) in [7, 11) is 3.61. The third-order valence-electron chi connectivity index (χ3n) is 4.37. The van der Waals surface area contributed by atoms with Gasteiger partial charge in [0.25, 0.3) is 5.91 Å². The maximum atomic E-state index is 12.8. The number of ether oxygens (including phenoxy) is 1. The highest BCUT2D eigenvalue weighted by Crippen LogP contribution is 2.23. The molecule has 3 aromatic rings. The Morgan fingerprint density at radius 2 is 1.88 bits per heavy atom. The smallest absolute Gasteiger partial charge is 0.253 e. The molecular weight excluding hydrogens is 300 g/mol. The summed E-state index contributed by atoms with van der Waals surface area (Å²) in [6.45, 7) is 2.07. The lowest BCUT2D eigenvalue weighted by atomic mass is 10.0. The monoisotopic (exact) mass is 322 g/mol. The number of para-hydroxylation sites is 1. The highest BCUT2D eigenvalue weighted by molar-refractivity contribution is 6.07. The van der Waals surface area contributed by atoms with E-state index in [2.05, 4.69) is 12.2 Å². The van der Waals surface area contributed by atoms with E-state index in [1.807, 2.05) is 66.3 Å². The highest BCUT2D eigenvalue weighted by Gasteiger charge is 2.18. The number of rotatable bonds is 5. The van der Waals surface area contributed by atoms with Crippen LogP contribution in [0.4, 0.5) is 0 Å². The minimum absolute atomic E-state index is 0.0256. The van der Waals surface area contributed by atoms with E-state index < -0.39 is 0 Å². The van der Waals surface area contributed by atoms with Gasteiger partial charge in [-0.1, -0.05) is 37.3 Å². The molecule has 1 aromatic heterocycles. The summed E-state index contributed by atoms with van der Waals surface area (Å²) in [6.07, 6.45) is 2.71. The second kappa shape index (κ2) is 6.79. The second-order valence-electron chi connectivity index (χ2n) is 5.88. The van der Waals surface area contributed by atoms with Crippen molar-refractivity contribution >= 4 is 16.8 Å². The lowest BCUT2D eigenvalue weighted by Crippen LogP contribution is -2.28. The maximum absolute atomic E-state index is 12.8. The molecule has 0 radical (unpaired) electrons. The van der Waals surface area contributed by atoms with Crippen LogP contribution in [-0.4, -0.2) is 17.6 Å². The zero-order valence-electron chi connectivity index (χ0n) is 14.2. The van der Waals surface area contributed by atoms with Gasteiger partial charge in [-0.15, -0.1) is 0 Å². The molecule has 0 fully saturated rings. The molecule has 0 aliphatic heterocycles. The van der Waals surface area contributed by atoms with E-state index in [1.165, 1.54) is 0 Å². The lowest BCUT2D eigenvalue weighted by molar-refractivity contribution is 0.0937. The second-order valence-corrected chi connectivity index (χ2v) is 5.88. The van der Waals surface area contributed by atoms with Crippen LogP contribution in [0.25, 0.3) is 10.9 Å². The molecule has 0 aliphatic carbocycles. The average Bonchev–Trinajstić information content (AvgIpc) is 2.97. The van der Waals surface area contributed by atoms with Gasteiger partial charge in [-0.3, -0.25) is 4.79 Å². The average molecular weight is 322 g/mol. The Bertz CT molecular complexity index is 850. The summed E-state index contributed by atoms with van der Waals surface area (Å²) in [5.41, 5.74) is 2.84. The Morgan fingerprint density at radius 1 is 1.17 bits per heavy atom. The molecule has 0 saturated heterocycles. The van der Waals surface area contributed by atoms with E-state index >= 15 is 0 Å². The van der Waals surface area contributed by atoms with Crippen LogP contribution in [-0.2, 0) is 7.05 Å². The fourth-order valence-electron chi connectivity index (χ4n) is 3.02. The van der Waals surface area contributed by atoms with Crippen LogP contribution in [0.15, 0.2) is 54.7 Å². The Balaban J connectivity index is 1.85. The summed E-state index contributed by atoms with van der Waals surface area (Å²) >= 11 is 0. The largest absolute Gasteiger partial charge is 0.497 e. The zero-order valence-corrected chi connectivity index (χ0v) is 14.2. The quantitative estimate of drug-likeness (QED) is 0.769. The van der Waals surface area contributed by atoms with Crippen molar-refractivity contribution in [1.29, 1.82) is 0 Å². The van der Waals surface area contributed by atoms with Gasteiger partial charge in [0.05, 0.1) is 18.7 Å². The molecule has 4 nitrogen and oxygen atoms in total. The number of carbonyl (C=O) groups is 1. The number of nitrogens with zero attached hydrogens (tertiary/aromatic N) is 1. The Labute approximate surface area is 142 Å². The zero-order chi connectivity index (χ0) is 17.1. The van der Waals surface area contributed by atoms with E-state index in [-0.39, 0.29) is 11.9 Å². The molecule has 1 amide bonds. The molecule has 1 atom stereocenters. The van der Waals surface area contributed by atoms with E-state index in [4.69, 9.17) is 4.74 Å². The van der Waals surface area contributed by atoms with Crippen molar-refractivity contribution in [2.45, 2.75) is 19.4 Å². The Morgan fingerprint density at radius 3 is 2.54 bits per heavy atom. The number of carbonyl (C=O) groups excluding carboxylic acids is 1. The van der Waals surface area contributed by atoms with Gasteiger partial charge in [0.15, 0.2) is 0 Å².